The van der Waals surface area contributed by atoms with Gasteiger partial charge in [0.05, 0.1) is 17.1 Å². The van der Waals surface area contributed by atoms with Gasteiger partial charge >= 0.3 is 0 Å². The lowest BCUT2D eigenvalue weighted by molar-refractivity contribution is 0.240. The van der Waals surface area contributed by atoms with E-state index in [-0.39, 0.29) is 0 Å². The van der Waals surface area contributed by atoms with Crippen LogP contribution in [0.4, 0.5) is 0 Å². The largest absolute Gasteiger partial charge is 0.316 e. The van der Waals surface area contributed by atoms with Gasteiger partial charge in [-0.3, -0.25) is 4.90 Å². The third-order valence-electron chi connectivity index (χ3n) is 10.2. The van der Waals surface area contributed by atoms with E-state index in [1.165, 1.54) is 33.9 Å². The van der Waals surface area contributed by atoms with E-state index in [0.717, 1.165) is 85.3 Å². The normalized spacial score (nSPS) is 13.4. The van der Waals surface area contributed by atoms with Crippen molar-refractivity contribution in [3.63, 3.8) is 0 Å². The Bertz CT molecular complexity index is 2240. The summed E-state index contributed by atoms with van der Waals surface area (Å²) in [6.07, 6.45) is 25.9. The first-order valence-electron chi connectivity index (χ1n) is 21.7. The van der Waals surface area contributed by atoms with Gasteiger partial charge in [-0.1, -0.05) is 88.8 Å². The summed E-state index contributed by atoms with van der Waals surface area (Å²) in [5.74, 6) is 0. The predicted octanol–water partition coefficient (Wildman–Crippen LogP) is 14.4. The van der Waals surface area contributed by atoms with Crippen molar-refractivity contribution in [1.29, 1.82) is 0 Å². The van der Waals surface area contributed by atoms with Gasteiger partial charge in [0.15, 0.2) is 0 Å². The van der Waals surface area contributed by atoms with Crippen LogP contribution in [0.3, 0.4) is 0 Å². The molecule has 6 aromatic rings. The van der Waals surface area contributed by atoms with E-state index < -0.39 is 0 Å². The van der Waals surface area contributed by atoms with Crippen molar-refractivity contribution in [3.05, 3.63) is 164 Å². The van der Waals surface area contributed by atoms with Crippen molar-refractivity contribution in [1.82, 2.24) is 28.2 Å². The lowest BCUT2D eigenvalue weighted by atomic mass is 10.00. The van der Waals surface area contributed by atoms with Crippen LogP contribution in [0.5, 0.6) is 0 Å². The van der Waals surface area contributed by atoms with Crippen LogP contribution in [0.15, 0.2) is 141 Å². The van der Waals surface area contributed by atoms with Crippen molar-refractivity contribution < 1.29 is 0 Å². The highest BCUT2D eigenvalue weighted by Gasteiger charge is 2.28. The van der Waals surface area contributed by atoms with Gasteiger partial charge in [-0.2, -0.15) is 0 Å². The summed E-state index contributed by atoms with van der Waals surface area (Å²) >= 11 is 0. The van der Waals surface area contributed by atoms with Crippen molar-refractivity contribution in [3.8, 4) is 28.2 Å². The fourth-order valence-electron chi connectivity index (χ4n) is 6.94. The molecule has 0 fully saturated rings. The Kier molecular flexibility index (Phi) is 20.4. The third-order valence-corrected chi connectivity index (χ3v) is 10.2. The summed E-state index contributed by atoms with van der Waals surface area (Å²) in [7, 11) is 2.24. The number of rotatable bonds is 11. The summed E-state index contributed by atoms with van der Waals surface area (Å²) in [6.45, 7) is 30.8. The highest BCUT2D eigenvalue weighted by Crippen LogP contribution is 2.37. The second-order valence-electron chi connectivity index (χ2n) is 14.6. The Morgan fingerprint density at radius 1 is 0.847 bits per heavy atom. The van der Waals surface area contributed by atoms with Gasteiger partial charge in [-0.15, -0.1) is 19.7 Å². The maximum absolute atomic E-state index is 5.18. The molecule has 1 aromatic carbocycles. The maximum atomic E-state index is 5.18. The smallest absolute Gasteiger partial charge is 0.137 e. The van der Waals surface area contributed by atoms with Crippen molar-refractivity contribution >= 4 is 11.3 Å². The van der Waals surface area contributed by atoms with Crippen LogP contribution in [-0.4, -0.2) is 41.8 Å². The van der Waals surface area contributed by atoms with Gasteiger partial charge in [0.2, 0.25) is 0 Å². The maximum Gasteiger partial charge on any atom is 0.137 e. The number of allylic oxidation sites excluding steroid dienone is 7. The predicted molar refractivity (Wildman–Crippen MR) is 258 cm³/mol. The second-order valence-corrected chi connectivity index (χ2v) is 14.6. The van der Waals surface area contributed by atoms with Crippen LogP contribution in [0.25, 0.3) is 39.5 Å². The minimum atomic E-state index is 0.335. The highest BCUT2D eigenvalue weighted by molar-refractivity contribution is 5.77. The molecule has 0 amide bonds. The number of imidazole rings is 2. The van der Waals surface area contributed by atoms with E-state index in [1.54, 1.807) is 0 Å². The summed E-state index contributed by atoms with van der Waals surface area (Å²) in [5.41, 5.74) is 13.9. The van der Waals surface area contributed by atoms with E-state index in [4.69, 9.17) is 9.97 Å². The molecular formula is C53H72N6. The van der Waals surface area contributed by atoms with E-state index >= 15 is 0 Å². The molecule has 314 valence electrons. The number of aryl methyl sites for hydroxylation is 1. The first kappa shape index (κ1) is 47.9. The van der Waals surface area contributed by atoms with Gasteiger partial charge in [-0.25, -0.2) is 9.97 Å². The molecule has 0 radical (unpaired) electrons. The summed E-state index contributed by atoms with van der Waals surface area (Å²) in [6, 6.07) is 22.0. The lowest BCUT2D eigenvalue weighted by Crippen LogP contribution is -2.31. The van der Waals surface area contributed by atoms with Crippen LogP contribution in [-0.2, 0) is 19.3 Å². The molecule has 1 atom stereocenters. The van der Waals surface area contributed by atoms with Crippen LogP contribution >= 0.6 is 0 Å². The summed E-state index contributed by atoms with van der Waals surface area (Å²) < 4.78 is 6.83. The Labute approximate surface area is 357 Å². The number of nitrogens with zero attached hydrogens (tertiary/aromatic N) is 6. The van der Waals surface area contributed by atoms with Gasteiger partial charge in [-0.05, 0) is 127 Å². The van der Waals surface area contributed by atoms with Crippen LogP contribution in [0, 0.1) is 0 Å². The average molecular weight is 793 g/mol. The number of hydrogen-bond donors (Lipinski definition) is 0. The molecule has 0 spiro atoms. The lowest BCUT2D eigenvalue weighted by Gasteiger charge is -2.32. The molecule has 0 N–H and O–H groups in total. The van der Waals surface area contributed by atoms with Crippen LogP contribution in [0.1, 0.15) is 117 Å². The van der Waals surface area contributed by atoms with Gasteiger partial charge in [0, 0.05) is 65.8 Å². The number of fused-ring (bicyclic) bond motifs is 3. The van der Waals surface area contributed by atoms with E-state index in [2.05, 4.69) is 171 Å². The molecule has 0 aliphatic carbocycles. The Morgan fingerprint density at radius 3 is 2.10 bits per heavy atom. The molecule has 0 saturated carbocycles. The average Bonchev–Trinajstić information content (AvgIpc) is 3.99. The molecule has 0 bridgehead atoms. The molecule has 6 heteroatoms. The number of pyridine rings is 2. The minimum absolute atomic E-state index is 0.335. The molecule has 5 aromatic heterocycles. The van der Waals surface area contributed by atoms with Crippen molar-refractivity contribution in [2.75, 3.05) is 13.6 Å². The van der Waals surface area contributed by atoms with Crippen molar-refractivity contribution in [2.24, 2.45) is 0 Å². The number of aromatic nitrogens is 5. The molecule has 6 heterocycles. The number of likely N-dealkylation sites (N-methyl/N-ethyl adjacent to an activating group) is 1. The zero-order valence-electron chi connectivity index (χ0n) is 38.0. The first-order valence-corrected chi connectivity index (χ1v) is 21.7. The minimum Gasteiger partial charge on any atom is -0.316 e. The fraction of sp³-hybridized carbons (Fsp3) is 0.358. The Morgan fingerprint density at radius 2 is 1.53 bits per heavy atom. The molecule has 0 saturated heterocycles. The molecule has 6 nitrogen and oxygen atoms in total. The SMILES string of the molecule is C/C=C\CC.C/C=C\Cc1c(-c2cc(-c3cn4ccccc4n3)cc(-n3c(CC)cc4c3C(C)N(C)CC4)c2)nc2ccccn12.C=CCC.C=CCCC(=C)C.CC. The zero-order valence-corrected chi connectivity index (χ0v) is 38.0. The molecule has 59 heavy (non-hydrogen) atoms. The van der Waals surface area contributed by atoms with E-state index in [1.807, 2.05) is 52.0 Å². The monoisotopic (exact) mass is 793 g/mol. The zero-order chi connectivity index (χ0) is 43.3. The van der Waals surface area contributed by atoms with Crippen LogP contribution in [0.2, 0.25) is 0 Å². The summed E-state index contributed by atoms with van der Waals surface area (Å²) in [5, 5.41) is 0. The number of hydrogen-bond acceptors (Lipinski definition) is 3. The quantitative estimate of drug-likeness (QED) is 0.123. The summed E-state index contributed by atoms with van der Waals surface area (Å²) in [4.78, 5) is 12.7. The Balaban J connectivity index is 0.000000438. The number of benzene rings is 1. The van der Waals surface area contributed by atoms with Gasteiger partial charge in [0.25, 0.3) is 0 Å². The van der Waals surface area contributed by atoms with E-state index in [0.29, 0.717) is 6.04 Å². The van der Waals surface area contributed by atoms with Gasteiger partial charge in [0.1, 0.15) is 11.3 Å². The molecule has 1 aliphatic rings. The molecule has 1 aliphatic heterocycles. The molecular weight excluding hydrogens is 721 g/mol. The Hall–Kier alpha value is -5.46. The fourth-order valence-corrected chi connectivity index (χ4v) is 6.94. The van der Waals surface area contributed by atoms with E-state index in [9.17, 15) is 0 Å². The molecule has 7 rings (SSSR count). The first-order chi connectivity index (χ1) is 28.6. The third kappa shape index (κ3) is 12.8. The second kappa shape index (κ2) is 25.1. The topological polar surface area (TPSA) is 42.8 Å². The van der Waals surface area contributed by atoms with Gasteiger partial charge < -0.3 is 13.4 Å². The highest BCUT2D eigenvalue weighted by atomic mass is 15.2. The standard InChI is InChI=1S/C35H36N6.C7H12.C5H10.C4H8.C2H6/c1-5-7-12-31-34(37-33-14-9-11-17-40(31)33)27-19-26(30-23-39-16-10-8-13-32(39)36-30)21-29(22-27)41-28(6-2)20-25-15-18-38(4)24(3)35(25)41;1-4-5-6-7(2)3;1-3-5-4-2;1-3-4-2;1-2/h5,7-11,13-14,16-17,19-24H,6,12,15,18H2,1-4H3;4H,1-2,5-6H2,3H3;3,5H,4H2,1-2H3;3H,1,4H2,2H3;1-2H3/b7-5-;;5-3-;;. The van der Waals surface area contributed by atoms with Crippen LogP contribution < -0.4 is 0 Å². The molecule has 1 unspecified atom stereocenters. The van der Waals surface area contributed by atoms with Crippen molar-refractivity contribution in [2.45, 2.75) is 113 Å².